The molecule has 240 valence electrons. The second-order valence-electron chi connectivity index (χ2n) is 10.4. The zero-order valence-electron chi connectivity index (χ0n) is 24.0. The minimum atomic E-state index is -4.82. The summed E-state index contributed by atoms with van der Waals surface area (Å²) in [5.74, 6) is -1.56. The van der Waals surface area contributed by atoms with Crippen LogP contribution < -0.4 is 15.5 Å². The van der Waals surface area contributed by atoms with Crippen LogP contribution in [-0.4, -0.2) is 77.1 Å². The second-order valence-corrected chi connectivity index (χ2v) is 10.4. The third-order valence-corrected chi connectivity index (χ3v) is 7.22. The third kappa shape index (κ3) is 8.14. The molecule has 2 aliphatic heterocycles. The Morgan fingerprint density at radius 1 is 1.04 bits per heavy atom. The number of carbonyl (C=O) groups is 3. The molecule has 0 radical (unpaired) electrons. The summed E-state index contributed by atoms with van der Waals surface area (Å²) < 4.78 is 60.4. The Morgan fingerprint density at radius 2 is 1.82 bits per heavy atom. The molecule has 2 amide bonds. The van der Waals surface area contributed by atoms with E-state index in [0.717, 1.165) is 25.3 Å². The highest BCUT2D eigenvalue weighted by Gasteiger charge is 2.37. The number of benzene rings is 2. The minimum Gasteiger partial charge on any atom is -0.465 e. The van der Waals surface area contributed by atoms with E-state index in [4.69, 9.17) is 14.2 Å². The minimum absolute atomic E-state index is 0.142. The first-order chi connectivity index (χ1) is 21.6. The van der Waals surface area contributed by atoms with Crippen LogP contribution in [-0.2, 0) is 31.8 Å². The highest BCUT2D eigenvalue weighted by Crippen LogP contribution is 2.42. The lowest BCUT2D eigenvalue weighted by molar-refractivity contribution is -0.169. The van der Waals surface area contributed by atoms with Gasteiger partial charge < -0.3 is 29.5 Å². The number of halogens is 3. The summed E-state index contributed by atoms with van der Waals surface area (Å²) in [5, 5.41) is 21.6. The number of rotatable bonds is 10. The maximum absolute atomic E-state index is 14.1. The standard InChI is InChI=1S/C29H31F3N6O7/c30-29(31,32)21-13-22(23(35-28(41)42)14-24(21)37-7-10-43-11-8-37)34-26(40)15-25(39)18-4-3-5-19(12-18)38-20(16-33-36-38)17-45-27-6-1-2-9-44-27/h3-5,12-14,16,27,35H,1-2,6-11,15,17H2,(H,34,40)(H,41,42). The molecule has 5 rings (SSSR count). The Balaban J connectivity index is 1.31. The van der Waals surface area contributed by atoms with Crippen LogP contribution in [0.4, 0.5) is 35.0 Å². The average molecular weight is 633 g/mol. The molecule has 2 aromatic carbocycles. The van der Waals surface area contributed by atoms with E-state index in [0.29, 0.717) is 24.1 Å². The van der Waals surface area contributed by atoms with Crippen molar-refractivity contribution in [2.75, 3.05) is 48.4 Å². The molecule has 2 aliphatic rings. The number of hydrogen-bond donors (Lipinski definition) is 3. The van der Waals surface area contributed by atoms with Crippen molar-refractivity contribution in [1.29, 1.82) is 0 Å². The number of amides is 2. The zero-order valence-corrected chi connectivity index (χ0v) is 24.0. The van der Waals surface area contributed by atoms with Crippen LogP contribution in [0.2, 0.25) is 0 Å². The summed E-state index contributed by atoms with van der Waals surface area (Å²) >= 11 is 0. The largest absolute Gasteiger partial charge is 0.465 e. The first-order valence-electron chi connectivity index (χ1n) is 14.2. The molecule has 16 heteroatoms. The van der Waals surface area contributed by atoms with Gasteiger partial charge in [0.05, 0.1) is 66.4 Å². The Morgan fingerprint density at radius 3 is 2.53 bits per heavy atom. The Labute approximate surface area is 255 Å². The van der Waals surface area contributed by atoms with Gasteiger partial charge in [-0.3, -0.25) is 14.9 Å². The highest BCUT2D eigenvalue weighted by molar-refractivity contribution is 6.12. The third-order valence-electron chi connectivity index (χ3n) is 7.22. The number of Topliss-reactive ketones (excluding diaryl/α,β-unsaturated/α-hetero) is 1. The summed E-state index contributed by atoms with van der Waals surface area (Å²) in [6, 6.07) is 7.94. The van der Waals surface area contributed by atoms with Crippen LogP contribution in [0.15, 0.2) is 42.6 Å². The molecule has 1 aromatic heterocycles. The molecule has 2 saturated heterocycles. The van der Waals surface area contributed by atoms with E-state index in [2.05, 4.69) is 15.6 Å². The molecule has 45 heavy (non-hydrogen) atoms. The number of ether oxygens (including phenoxy) is 3. The number of anilines is 3. The SMILES string of the molecule is O=C(O)Nc1cc(N2CCOCC2)c(C(F)(F)F)cc1NC(=O)CC(=O)c1cccc(-n2nncc2COC2CCCCO2)c1. The molecule has 13 nitrogen and oxygen atoms in total. The fourth-order valence-electron chi connectivity index (χ4n) is 5.05. The Bertz CT molecular complexity index is 1530. The summed E-state index contributed by atoms with van der Waals surface area (Å²) in [4.78, 5) is 38.9. The van der Waals surface area contributed by atoms with E-state index < -0.39 is 41.6 Å². The van der Waals surface area contributed by atoms with Gasteiger partial charge in [0, 0.05) is 25.3 Å². The normalized spacial score (nSPS) is 17.1. The van der Waals surface area contributed by atoms with E-state index >= 15 is 0 Å². The van der Waals surface area contributed by atoms with Crippen molar-refractivity contribution in [3.8, 4) is 5.69 Å². The molecule has 3 heterocycles. The summed E-state index contributed by atoms with van der Waals surface area (Å²) in [6.45, 7) is 1.50. The zero-order chi connectivity index (χ0) is 32.0. The number of carbonyl (C=O) groups excluding carboxylic acids is 2. The number of morpholine rings is 1. The van der Waals surface area contributed by atoms with Gasteiger partial charge in [-0.1, -0.05) is 17.3 Å². The summed E-state index contributed by atoms with van der Waals surface area (Å²) in [5.41, 5.74) is -0.832. The van der Waals surface area contributed by atoms with Gasteiger partial charge in [0.2, 0.25) is 5.91 Å². The van der Waals surface area contributed by atoms with Gasteiger partial charge in [0.1, 0.15) is 0 Å². The highest BCUT2D eigenvalue weighted by atomic mass is 19.4. The number of carboxylic acid groups (broad SMARTS) is 1. The van der Waals surface area contributed by atoms with E-state index in [1.165, 1.54) is 27.9 Å². The van der Waals surface area contributed by atoms with E-state index in [9.17, 15) is 32.7 Å². The van der Waals surface area contributed by atoms with Crippen molar-refractivity contribution in [1.82, 2.24) is 15.0 Å². The Hall–Kier alpha value is -4.54. The molecule has 0 spiro atoms. The average Bonchev–Trinajstić information content (AvgIpc) is 3.50. The van der Waals surface area contributed by atoms with Crippen molar-refractivity contribution in [2.24, 2.45) is 0 Å². The monoisotopic (exact) mass is 632 g/mol. The predicted octanol–water partition coefficient (Wildman–Crippen LogP) is 4.47. The number of ketones is 1. The first kappa shape index (κ1) is 31.9. The van der Waals surface area contributed by atoms with Crippen molar-refractivity contribution in [2.45, 2.75) is 44.8 Å². The van der Waals surface area contributed by atoms with Gasteiger partial charge in [-0.2, -0.15) is 13.2 Å². The van der Waals surface area contributed by atoms with Gasteiger partial charge in [-0.15, -0.1) is 5.10 Å². The maximum atomic E-state index is 14.1. The molecule has 1 atom stereocenters. The molecule has 0 saturated carbocycles. The first-order valence-corrected chi connectivity index (χ1v) is 14.2. The van der Waals surface area contributed by atoms with Crippen LogP contribution in [0, 0.1) is 0 Å². The van der Waals surface area contributed by atoms with Crippen molar-refractivity contribution < 1.29 is 46.9 Å². The maximum Gasteiger partial charge on any atom is 0.418 e. The quantitative estimate of drug-likeness (QED) is 0.215. The number of nitrogens with zero attached hydrogens (tertiary/aromatic N) is 4. The van der Waals surface area contributed by atoms with Crippen molar-refractivity contribution >= 4 is 34.8 Å². The molecule has 1 unspecified atom stereocenters. The van der Waals surface area contributed by atoms with Gasteiger partial charge in [0.25, 0.3) is 0 Å². The number of aromatic nitrogens is 3. The molecule has 3 N–H and O–H groups in total. The van der Waals surface area contributed by atoms with E-state index in [1.54, 1.807) is 12.1 Å². The lowest BCUT2D eigenvalue weighted by Crippen LogP contribution is -2.37. The van der Waals surface area contributed by atoms with Crippen LogP contribution >= 0.6 is 0 Å². The fraction of sp³-hybridized carbons (Fsp3) is 0.414. The lowest BCUT2D eigenvalue weighted by atomic mass is 10.1. The van der Waals surface area contributed by atoms with Crippen LogP contribution in [0.1, 0.15) is 47.3 Å². The number of nitrogens with one attached hydrogen (secondary N) is 2. The smallest absolute Gasteiger partial charge is 0.418 e. The fourth-order valence-corrected chi connectivity index (χ4v) is 5.05. The molecule has 2 fully saturated rings. The van der Waals surface area contributed by atoms with Crippen LogP contribution in [0.5, 0.6) is 0 Å². The van der Waals surface area contributed by atoms with Gasteiger partial charge in [0.15, 0.2) is 12.1 Å². The molecule has 3 aromatic rings. The molecule has 0 aliphatic carbocycles. The summed E-state index contributed by atoms with van der Waals surface area (Å²) in [7, 11) is 0. The lowest BCUT2D eigenvalue weighted by Gasteiger charge is -2.32. The number of alkyl halides is 3. The van der Waals surface area contributed by atoms with Gasteiger partial charge in [-0.05, 0) is 43.5 Å². The number of hydrogen-bond acceptors (Lipinski definition) is 9. The van der Waals surface area contributed by atoms with Crippen molar-refractivity contribution in [3.05, 3.63) is 59.4 Å². The van der Waals surface area contributed by atoms with Crippen molar-refractivity contribution in [3.63, 3.8) is 0 Å². The van der Waals surface area contributed by atoms with Crippen LogP contribution in [0.25, 0.3) is 5.69 Å². The van der Waals surface area contributed by atoms with E-state index in [1.807, 2.05) is 5.32 Å². The molecular formula is C29H31F3N6O7. The molecule has 0 bridgehead atoms. The van der Waals surface area contributed by atoms with Gasteiger partial charge >= 0.3 is 12.3 Å². The second kappa shape index (κ2) is 14.0. The van der Waals surface area contributed by atoms with E-state index in [-0.39, 0.29) is 56.1 Å². The Kier molecular flexibility index (Phi) is 9.95. The van der Waals surface area contributed by atoms with Gasteiger partial charge in [-0.25, -0.2) is 9.48 Å². The van der Waals surface area contributed by atoms with Crippen LogP contribution in [0.3, 0.4) is 0 Å². The summed E-state index contributed by atoms with van der Waals surface area (Å²) in [6.07, 6.45) is -3.15. The topological polar surface area (TPSA) is 157 Å². The molecular weight excluding hydrogens is 601 g/mol. The predicted molar refractivity (Wildman–Crippen MR) is 153 cm³/mol.